The van der Waals surface area contributed by atoms with Gasteiger partial charge in [0.25, 0.3) is 5.56 Å². The van der Waals surface area contributed by atoms with Crippen molar-refractivity contribution in [2.75, 3.05) is 42.2 Å². The lowest BCUT2D eigenvalue weighted by atomic mass is 10.1. The Hall–Kier alpha value is -4.09. The van der Waals surface area contributed by atoms with E-state index < -0.39 is 0 Å². The Morgan fingerprint density at radius 3 is 2.58 bits per heavy atom. The second-order valence-corrected chi connectivity index (χ2v) is 10.3. The van der Waals surface area contributed by atoms with E-state index in [2.05, 4.69) is 26.9 Å². The number of hydrogen-bond donors (Lipinski definition) is 1. The number of hydrogen-bond acceptors (Lipinski definition) is 8. The van der Waals surface area contributed by atoms with E-state index in [1.807, 2.05) is 42.7 Å². The second kappa shape index (κ2) is 11.6. The summed E-state index contributed by atoms with van der Waals surface area (Å²) in [6, 6.07) is 19.5. The van der Waals surface area contributed by atoms with E-state index in [0.29, 0.717) is 61.5 Å². The van der Waals surface area contributed by atoms with Gasteiger partial charge in [-0.2, -0.15) is 0 Å². The Bertz CT molecular complexity index is 1750. The number of benzene rings is 2. The van der Waals surface area contributed by atoms with Crippen LogP contribution in [-0.4, -0.2) is 56.3 Å². The molecule has 40 heavy (non-hydrogen) atoms. The van der Waals surface area contributed by atoms with Crippen LogP contribution in [0.15, 0.2) is 76.4 Å². The van der Waals surface area contributed by atoms with E-state index in [1.54, 1.807) is 34.8 Å². The first kappa shape index (κ1) is 26.1. The van der Waals surface area contributed by atoms with Crippen LogP contribution in [0.25, 0.3) is 16.6 Å². The Morgan fingerprint density at radius 1 is 0.975 bits per heavy atom. The molecule has 0 atom stereocenters. The molecule has 2 aromatic carbocycles. The number of nitrogens with one attached hydrogen (secondary N) is 1. The fourth-order valence-corrected chi connectivity index (χ4v) is 5.48. The summed E-state index contributed by atoms with van der Waals surface area (Å²) in [4.78, 5) is 33.9. The largest absolute Gasteiger partial charge is 0.378 e. The molecule has 6 rings (SSSR count). The summed E-state index contributed by atoms with van der Waals surface area (Å²) in [6.45, 7) is 3.77. The van der Waals surface area contributed by atoms with Gasteiger partial charge in [0.2, 0.25) is 0 Å². The van der Waals surface area contributed by atoms with Crippen molar-refractivity contribution < 1.29 is 4.74 Å². The van der Waals surface area contributed by atoms with E-state index in [9.17, 15) is 9.59 Å². The average molecular weight is 558 g/mol. The molecule has 1 N–H and O–H groups in total. The molecule has 1 aliphatic rings. The van der Waals surface area contributed by atoms with Crippen LogP contribution in [0, 0.1) is 0 Å². The lowest BCUT2D eigenvalue weighted by molar-refractivity contribution is 0.122. The van der Waals surface area contributed by atoms with Crippen molar-refractivity contribution in [3.63, 3.8) is 0 Å². The number of rotatable bonds is 9. The molecule has 0 saturated carbocycles. The Balaban J connectivity index is 1.34. The van der Waals surface area contributed by atoms with E-state index in [4.69, 9.17) is 9.72 Å². The van der Waals surface area contributed by atoms with Gasteiger partial charge in [0, 0.05) is 49.9 Å². The first-order valence-electron chi connectivity index (χ1n) is 13.4. The fourth-order valence-electron chi connectivity index (χ4n) is 5.11. The second-order valence-electron chi connectivity index (χ2n) is 9.72. The number of anilines is 2. The van der Waals surface area contributed by atoms with Crippen LogP contribution < -0.4 is 20.9 Å². The van der Waals surface area contributed by atoms with Crippen molar-refractivity contribution in [1.29, 1.82) is 0 Å². The Morgan fingerprint density at radius 2 is 1.80 bits per heavy atom. The molecule has 3 aromatic heterocycles. The molecule has 1 fully saturated rings. The highest BCUT2D eigenvalue weighted by molar-refractivity contribution is 7.99. The first-order valence-corrected chi connectivity index (χ1v) is 14.6. The van der Waals surface area contributed by atoms with Crippen LogP contribution in [0.2, 0.25) is 0 Å². The van der Waals surface area contributed by atoms with E-state index in [1.165, 1.54) is 9.08 Å². The predicted molar refractivity (Wildman–Crippen MR) is 159 cm³/mol. The molecule has 1 saturated heterocycles. The fraction of sp³-hybridized carbons (Fsp3) is 0.310. The summed E-state index contributed by atoms with van der Waals surface area (Å²) in [5, 5.41) is 5.05. The van der Waals surface area contributed by atoms with Crippen molar-refractivity contribution in [3.8, 4) is 0 Å². The van der Waals surface area contributed by atoms with Crippen LogP contribution in [0.4, 0.5) is 11.4 Å². The molecule has 0 radical (unpaired) electrons. The lowest BCUT2D eigenvalue weighted by Crippen LogP contribution is -2.36. The quantitative estimate of drug-likeness (QED) is 0.276. The van der Waals surface area contributed by atoms with E-state index >= 15 is 0 Å². The number of nitrogens with zero attached hydrogens (tertiary/aromatic N) is 6. The van der Waals surface area contributed by atoms with Gasteiger partial charge in [-0.15, -0.1) is 5.10 Å². The third-order valence-corrected chi connectivity index (χ3v) is 7.67. The van der Waals surface area contributed by atoms with Crippen LogP contribution >= 0.6 is 11.9 Å². The third kappa shape index (κ3) is 5.34. The number of fused-ring (bicyclic) bond motifs is 2. The van der Waals surface area contributed by atoms with Crippen LogP contribution in [0.3, 0.4) is 0 Å². The zero-order valence-electron chi connectivity index (χ0n) is 22.3. The zero-order chi connectivity index (χ0) is 27.5. The first-order chi connectivity index (χ1) is 19.6. The third-order valence-electron chi connectivity index (χ3n) is 7.23. The number of pyridine rings is 1. The molecular weight excluding hydrogens is 526 g/mol. The standard InChI is InChI=1S/C29H31N7O3S/c1-40-32-22-7-5-21(6-8-22)11-14-34-26(12-15-36-29(38)35-13-3-2-4-27(35)31-36)30-25-20-23(9-10-24(25)28(34)37)33-16-18-39-19-17-33/h2-10,13,20,32H,11-12,14-19H2,1H3. The van der Waals surface area contributed by atoms with Crippen molar-refractivity contribution >= 4 is 39.9 Å². The topological polar surface area (TPSA) is 98.7 Å². The summed E-state index contributed by atoms with van der Waals surface area (Å²) in [7, 11) is 0. The van der Waals surface area contributed by atoms with E-state index in [0.717, 1.165) is 30.0 Å². The number of morpholine rings is 1. The molecule has 0 bridgehead atoms. The molecule has 1 aliphatic heterocycles. The van der Waals surface area contributed by atoms with Gasteiger partial charge in [0.15, 0.2) is 5.65 Å². The molecule has 0 unspecified atom stereocenters. The van der Waals surface area contributed by atoms with Gasteiger partial charge in [-0.25, -0.2) is 14.5 Å². The van der Waals surface area contributed by atoms with Crippen molar-refractivity contribution in [1.82, 2.24) is 23.7 Å². The molecule has 10 nitrogen and oxygen atoms in total. The van der Waals surface area contributed by atoms with Crippen LogP contribution in [0.5, 0.6) is 0 Å². The van der Waals surface area contributed by atoms with Gasteiger partial charge in [0.1, 0.15) is 5.82 Å². The molecule has 0 spiro atoms. The van der Waals surface area contributed by atoms with Gasteiger partial charge >= 0.3 is 5.69 Å². The summed E-state index contributed by atoms with van der Waals surface area (Å²) in [6.07, 6.45) is 4.77. The van der Waals surface area contributed by atoms with Gasteiger partial charge in [-0.05, 0) is 54.4 Å². The normalized spacial score (nSPS) is 13.8. The molecule has 4 heterocycles. The molecule has 0 amide bonds. The highest BCUT2D eigenvalue weighted by Gasteiger charge is 2.16. The Labute approximate surface area is 235 Å². The zero-order valence-corrected chi connectivity index (χ0v) is 23.1. The molecule has 11 heteroatoms. The smallest absolute Gasteiger partial charge is 0.350 e. The lowest BCUT2D eigenvalue weighted by Gasteiger charge is -2.29. The summed E-state index contributed by atoms with van der Waals surface area (Å²) < 4.78 is 13.4. The van der Waals surface area contributed by atoms with Crippen LogP contribution in [-0.2, 0) is 30.7 Å². The highest BCUT2D eigenvalue weighted by Crippen LogP contribution is 2.21. The minimum absolute atomic E-state index is 0.0726. The molecule has 206 valence electrons. The maximum absolute atomic E-state index is 13.8. The molecular formula is C29H31N7O3S. The monoisotopic (exact) mass is 557 g/mol. The van der Waals surface area contributed by atoms with Crippen LogP contribution in [0.1, 0.15) is 11.4 Å². The molecule has 0 aliphatic carbocycles. The SMILES string of the molecule is CSNc1ccc(CCn2c(CCn3nc4ccccn4c3=O)nc3cc(N4CCOCC4)ccc3c2=O)cc1. The maximum Gasteiger partial charge on any atom is 0.350 e. The Kier molecular flexibility index (Phi) is 7.56. The summed E-state index contributed by atoms with van der Waals surface area (Å²) in [5.41, 5.74) is 4.16. The summed E-state index contributed by atoms with van der Waals surface area (Å²) in [5.74, 6) is 0.640. The van der Waals surface area contributed by atoms with Crippen molar-refractivity contribution in [2.24, 2.45) is 0 Å². The van der Waals surface area contributed by atoms with Crippen molar-refractivity contribution in [2.45, 2.75) is 25.9 Å². The van der Waals surface area contributed by atoms with Gasteiger partial charge in [-0.3, -0.25) is 13.8 Å². The minimum Gasteiger partial charge on any atom is -0.378 e. The number of ether oxygens (including phenoxy) is 1. The number of aryl methyl sites for hydroxylation is 3. The average Bonchev–Trinajstić information content (AvgIpc) is 3.32. The summed E-state index contributed by atoms with van der Waals surface area (Å²) >= 11 is 1.55. The number of aromatic nitrogens is 5. The van der Waals surface area contributed by atoms with Crippen molar-refractivity contribution in [3.05, 3.63) is 99.1 Å². The highest BCUT2D eigenvalue weighted by atomic mass is 32.2. The van der Waals surface area contributed by atoms with Gasteiger partial charge in [-0.1, -0.05) is 30.1 Å². The predicted octanol–water partition coefficient (Wildman–Crippen LogP) is 3.22. The minimum atomic E-state index is -0.209. The van der Waals surface area contributed by atoms with E-state index in [-0.39, 0.29) is 11.2 Å². The molecule has 5 aromatic rings. The maximum atomic E-state index is 13.8. The van der Waals surface area contributed by atoms with Gasteiger partial charge < -0.3 is 14.4 Å². The van der Waals surface area contributed by atoms with Gasteiger partial charge in [0.05, 0.1) is 30.7 Å².